The Balaban J connectivity index is 0.00000192. The number of ether oxygens (including phenoxy) is 1. The summed E-state index contributed by atoms with van der Waals surface area (Å²) in [5.41, 5.74) is 6.01. The van der Waals surface area contributed by atoms with Crippen LogP contribution in [0.2, 0.25) is 0 Å². The van der Waals surface area contributed by atoms with Crippen LogP contribution < -0.4 is 10.5 Å². The number of aromatic nitrogens is 2. The maximum Gasteiger partial charge on any atom is 0.231 e. The highest BCUT2D eigenvalue weighted by Gasteiger charge is 2.37. The Hall–Kier alpha value is -1.66. The average molecular weight is 342 g/mol. The highest BCUT2D eigenvalue weighted by atomic mass is 35.5. The standard InChI is InChI=1S/C16H20FN3O2.ClH/c1-16(18)9-5-4-6-11(16)15-19-14(20-22-15)10-21-13-8-3-2-7-12(13)17;/h2-3,7-8,11H,4-6,9-10,18H2,1H3;1H. The molecule has 1 saturated carbocycles. The maximum absolute atomic E-state index is 13.5. The van der Waals surface area contributed by atoms with Gasteiger partial charge in [0.1, 0.15) is 0 Å². The van der Waals surface area contributed by atoms with Gasteiger partial charge in [-0.1, -0.05) is 30.1 Å². The van der Waals surface area contributed by atoms with Gasteiger partial charge < -0.3 is 15.0 Å². The van der Waals surface area contributed by atoms with E-state index in [2.05, 4.69) is 10.1 Å². The number of rotatable bonds is 4. The molecule has 2 unspecified atom stereocenters. The number of halogens is 2. The summed E-state index contributed by atoms with van der Waals surface area (Å²) >= 11 is 0. The van der Waals surface area contributed by atoms with E-state index in [1.54, 1.807) is 18.2 Å². The Morgan fingerprint density at radius 2 is 2.17 bits per heavy atom. The van der Waals surface area contributed by atoms with Gasteiger partial charge in [-0.3, -0.25) is 0 Å². The molecule has 0 radical (unpaired) electrons. The molecule has 7 heteroatoms. The van der Waals surface area contributed by atoms with Crippen molar-refractivity contribution in [3.63, 3.8) is 0 Å². The number of para-hydroxylation sites is 1. The van der Waals surface area contributed by atoms with Gasteiger partial charge in [0.2, 0.25) is 11.7 Å². The minimum Gasteiger partial charge on any atom is -0.482 e. The monoisotopic (exact) mass is 341 g/mol. The van der Waals surface area contributed by atoms with Gasteiger partial charge in [-0.2, -0.15) is 4.98 Å². The van der Waals surface area contributed by atoms with Gasteiger partial charge in [0.05, 0.1) is 5.92 Å². The lowest BCUT2D eigenvalue weighted by atomic mass is 9.74. The first-order chi connectivity index (χ1) is 10.6. The molecular formula is C16H21ClFN3O2. The Morgan fingerprint density at radius 1 is 1.39 bits per heavy atom. The molecule has 1 aromatic heterocycles. The average Bonchev–Trinajstić information content (AvgIpc) is 2.94. The summed E-state index contributed by atoms with van der Waals surface area (Å²) in [4.78, 5) is 4.37. The second-order valence-corrected chi connectivity index (χ2v) is 6.07. The lowest BCUT2D eigenvalue weighted by Crippen LogP contribution is -2.44. The summed E-state index contributed by atoms with van der Waals surface area (Å²) in [6.45, 7) is 2.09. The summed E-state index contributed by atoms with van der Waals surface area (Å²) in [7, 11) is 0. The summed E-state index contributed by atoms with van der Waals surface area (Å²) in [6, 6.07) is 6.23. The molecule has 1 heterocycles. The molecule has 2 N–H and O–H groups in total. The van der Waals surface area contributed by atoms with Crippen molar-refractivity contribution in [3.8, 4) is 5.75 Å². The Labute approximate surface area is 140 Å². The zero-order chi connectivity index (χ0) is 15.6. The summed E-state index contributed by atoms with van der Waals surface area (Å²) in [5.74, 6) is 0.788. The smallest absolute Gasteiger partial charge is 0.231 e. The molecule has 0 bridgehead atoms. The first kappa shape index (κ1) is 17.7. The summed E-state index contributed by atoms with van der Waals surface area (Å²) < 4.78 is 24.2. The molecule has 0 amide bonds. The Bertz CT molecular complexity index is 648. The number of nitrogens with two attached hydrogens (primary N) is 1. The molecule has 126 valence electrons. The van der Waals surface area contributed by atoms with Crippen LogP contribution in [0.15, 0.2) is 28.8 Å². The van der Waals surface area contributed by atoms with Crippen molar-refractivity contribution >= 4 is 12.4 Å². The van der Waals surface area contributed by atoms with E-state index in [0.29, 0.717) is 11.7 Å². The largest absolute Gasteiger partial charge is 0.482 e. The van der Waals surface area contributed by atoms with Crippen LogP contribution in [0.25, 0.3) is 0 Å². The van der Waals surface area contributed by atoms with Crippen LogP contribution >= 0.6 is 12.4 Å². The Kier molecular flexibility index (Phi) is 5.59. The molecular weight excluding hydrogens is 321 g/mol. The first-order valence-corrected chi connectivity index (χ1v) is 7.55. The normalized spacial score (nSPS) is 24.0. The minimum atomic E-state index is -0.409. The Morgan fingerprint density at radius 3 is 2.91 bits per heavy atom. The van der Waals surface area contributed by atoms with E-state index in [4.69, 9.17) is 15.0 Å². The van der Waals surface area contributed by atoms with Gasteiger partial charge in [0.25, 0.3) is 0 Å². The fourth-order valence-electron chi connectivity index (χ4n) is 2.94. The van der Waals surface area contributed by atoms with Crippen LogP contribution in [0.5, 0.6) is 5.75 Å². The second-order valence-electron chi connectivity index (χ2n) is 6.07. The fourth-order valence-corrected chi connectivity index (χ4v) is 2.94. The van der Waals surface area contributed by atoms with Crippen molar-refractivity contribution < 1.29 is 13.7 Å². The molecule has 2 aromatic rings. The predicted octanol–water partition coefficient (Wildman–Crippen LogP) is 3.58. The van der Waals surface area contributed by atoms with E-state index < -0.39 is 5.82 Å². The zero-order valence-electron chi connectivity index (χ0n) is 13.0. The van der Waals surface area contributed by atoms with Crippen molar-refractivity contribution in [1.82, 2.24) is 10.1 Å². The highest BCUT2D eigenvalue weighted by Crippen LogP contribution is 2.38. The maximum atomic E-state index is 13.5. The first-order valence-electron chi connectivity index (χ1n) is 7.55. The topological polar surface area (TPSA) is 74.2 Å². The predicted molar refractivity (Wildman–Crippen MR) is 86.1 cm³/mol. The van der Waals surface area contributed by atoms with E-state index in [-0.39, 0.29) is 36.2 Å². The van der Waals surface area contributed by atoms with Gasteiger partial charge in [-0.25, -0.2) is 4.39 Å². The van der Waals surface area contributed by atoms with Crippen molar-refractivity contribution in [1.29, 1.82) is 0 Å². The van der Waals surface area contributed by atoms with Gasteiger partial charge in [-0.05, 0) is 31.9 Å². The van der Waals surface area contributed by atoms with Gasteiger partial charge in [0, 0.05) is 5.54 Å². The van der Waals surface area contributed by atoms with E-state index in [1.165, 1.54) is 6.07 Å². The SMILES string of the molecule is CC1(N)CCCCC1c1nc(COc2ccccc2F)no1.Cl. The van der Waals surface area contributed by atoms with Crippen LogP contribution in [-0.4, -0.2) is 15.7 Å². The van der Waals surface area contributed by atoms with Crippen molar-refractivity contribution in [2.45, 2.75) is 50.7 Å². The molecule has 2 atom stereocenters. The van der Waals surface area contributed by atoms with Gasteiger partial charge >= 0.3 is 0 Å². The van der Waals surface area contributed by atoms with Crippen molar-refractivity contribution in [2.75, 3.05) is 0 Å². The third kappa shape index (κ3) is 4.00. The van der Waals surface area contributed by atoms with E-state index >= 15 is 0 Å². The van der Waals surface area contributed by atoms with E-state index in [1.807, 2.05) is 6.92 Å². The molecule has 3 rings (SSSR count). The fraction of sp³-hybridized carbons (Fsp3) is 0.500. The second kappa shape index (κ2) is 7.27. The molecule has 0 spiro atoms. The number of hydrogen-bond donors (Lipinski definition) is 1. The third-order valence-corrected chi connectivity index (χ3v) is 4.23. The molecule has 1 aliphatic rings. The molecule has 1 aromatic carbocycles. The van der Waals surface area contributed by atoms with Crippen LogP contribution in [0.3, 0.4) is 0 Å². The van der Waals surface area contributed by atoms with E-state index in [0.717, 1.165) is 25.7 Å². The van der Waals surface area contributed by atoms with Crippen molar-refractivity contribution in [2.24, 2.45) is 5.73 Å². The van der Waals surface area contributed by atoms with Crippen molar-refractivity contribution in [3.05, 3.63) is 41.8 Å². The van der Waals surface area contributed by atoms with Gasteiger partial charge in [-0.15, -0.1) is 12.4 Å². The number of hydrogen-bond acceptors (Lipinski definition) is 5. The molecule has 0 saturated heterocycles. The quantitative estimate of drug-likeness (QED) is 0.919. The molecule has 1 aliphatic carbocycles. The van der Waals surface area contributed by atoms with E-state index in [9.17, 15) is 4.39 Å². The molecule has 1 fully saturated rings. The lowest BCUT2D eigenvalue weighted by Gasteiger charge is -2.35. The van der Waals surface area contributed by atoms with Crippen LogP contribution in [-0.2, 0) is 6.61 Å². The van der Waals surface area contributed by atoms with Crippen LogP contribution in [0, 0.1) is 5.82 Å². The van der Waals surface area contributed by atoms with Crippen LogP contribution in [0.4, 0.5) is 4.39 Å². The number of nitrogens with zero attached hydrogens (tertiary/aromatic N) is 2. The summed E-state index contributed by atoms with van der Waals surface area (Å²) in [5, 5.41) is 3.91. The number of benzene rings is 1. The van der Waals surface area contributed by atoms with Crippen LogP contribution in [0.1, 0.15) is 50.2 Å². The summed E-state index contributed by atoms with van der Waals surface area (Å²) in [6.07, 6.45) is 4.13. The van der Waals surface area contributed by atoms with Gasteiger partial charge in [0.15, 0.2) is 18.2 Å². The third-order valence-electron chi connectivity index (χ3n) is 4.23. The minimum absolute atomic E-state index is 0. The molecule has 23 heavy (non-hydrogen) atoms. The lowest BCUT2D eigenvalue weighted by molar-refractivity contribution is 0.221. The molecule has 5 nitrogen and oxygen atoms in total. The zero-order valence-corrected chi connectivity index (χ0v) is 13.8. The highest BCUT2D eigenvalue weighted by molar-refractivity contribution is 5.85. The molecule has 0 aliphatic heterocycles.